The van der Waals surface area contributed by atoms with Crippen molar-refractivity contribution in [2.24, 2.45) is 0 Å². The summed E-state index contributed by atoms with van der Waals surface area (Å²) < 4.78 is 0. The molecule has 1 N–H and O–H groups in total. The molecule has 2 aliphatic rings. The molecule has 0 radical (unpaired) electrons. The number of hydrogen-bond acceptors (Lipinski definition) is 2. The SMILES string of the molecule is CC(C)N1CCN(C(=O)NC2Cc3ccccc3C2)CC1. The van der Waals surface area contributed by atoms with Crippen molar-refractivity contribution in [1.82, 2.24) is 15.1 Å². The van der Waals surface area contributed by atoms with Gasteiger partial charge in [-0.05, 0) is 37.8 Å². The number of piperazine rings is 1. The monoisotopic (exact) mass is 287 g/mol. The van der Waals surface area contributed by atoms with Crippen molar-refractivity contribution in [1.29, 1.82) is 0 Å². The smallest absolute Gasteiger partial charge is 0.317 e. The van der Waals surface area contributed by atoms with Crippen molar-refractivity contribution < 1.29 is 4.79 Å². The fourth-order valence-electron chi connectivity index (χ4n) is 3.37. The van der Waals surface area contributed by atoms with Gasteiger partial charge >= 0.3 is 6.03 Å². The summed E-state index contributed by atoms with van der Waals surface area (Å²) in [6.45, 7) is 8.07. The Balaban J connectivity index is 1.50. The average Bonchev–Trinajstić information content (AvgIpc) is 2.89. The van der Waals surface area contributed by atoms with E-state index in [2.05, 4.69) is 48.3 Å². The topological polar surface area (TPSA) is 35.6 Å². The van der Waals surface area contributed by atoms with Gasteiger partial charge in [0.05, 0.1) is 0 Å². The summed E-state index contributed by atoms with van der Waals surface area (Å²) in [5.74, 6) is 0. The Hall–Kier alpha value is -1.55. The number of amides is 2. The van der Waals surface area contributed by atoms with Gasteiger partial charge in [0.2, 0.25) is 0 Å². The summed E-state index contributed by atoms with van der Waals surface area (Å²) in [5.41, 5.74) is 2.76. The number of hydrogen-bond donors (Lipinski definition) is 1. The predicted molar refractivity (Wildman–Crippen MR) is 84.5 cm³/mol. The zero-order valence-corrected chi connectivity index (χ0v) is 13.0. The van der Waals surface area contributed by atoms with Gasteiger partial charge in [-0.1, -0.05) is 24.3 Å². The first-order valence-corrected chi connectivity index (χ1v) is 8.00. The van der Waals surface area contributed by atoms with Gasteiger partial charge in [0.25, 0.3) is 0 Å². The van der Waals surface area contributed by atoms with E-state index >= 15 is 0 Å². The van der Waals surface area contributed by atoms with Gasteiger partial charge in [0, 0.05) is 38.3 Å². The van der Waals surface area contributed by atoms with E-state index in [9.17, 15) is 4.79 Å². The van der Waals surface area contributed by atoms with Gasteiger partial charge in [0.15, 0.2) is 0 Å². The highest BCUT2D eigenvalue weighted by molar-refractivity contribution is 5.75. The van der Waals surface area contributed by atoms with Crippen LogP contribution in [-0.4, -0.2) is 54.1 Å². The van der Waals surface area contributed by atoms with Crippen molar-refractivity contribution in [2.75, 3.05) is 26.2 Å². The maximum absolute atomic E-state index is 12.4. The molecule has 3 rings (SSSR count). The predicted octanol–water partition coefficient (Wildman–Crippen LogP) is 1.89. The third-order valence-electron chi connectivity index (χ3n) is 4.71. The van der Waals surface area contributed by atoms with Crippen LogP contribution in [0.3, 0.4) is 0 Å². The highest BCUT2D eigenvalue weighted by atomic mass is 16.2. The molecule has 1 aromatic carbocycles. The van der Waals surface area contributed by atoms with Gasteiger partial charge < -0.3 is 10.2 Å². The highest BCUT2D eigenvalue weighted by Crippen LogP contribution is 2.21. The van der Waals surface area contributed by atoms with E-state index in [0.29, 0.717) is 6.04 Å². The number of rotatable bonds is 2. The van der Waals surface area contributed by atoms with Gasteiger partial charge in [-0.25, -0.2) is 4.79 Å². The van der Waals surface area contributed by atoms with Crippen LogP contribution in [0.2, 0.25) is 0 Å². The molecule has 4 nitrogen and oxygen atoms in total. The lowest BCUT2D eigenvalue weighted by molar-refractivity contribution is 0.118. The Bertz CT molecular complexity index is 482. The quantitative estimate of drug-likeness (QED) is 0.901. The molecular weight excluding hydrogens is 262 g/mol. The van der Waals surface area contributed by atoms with E-state index in [0.717, 1.165) is 39.0 Å². The zero-order valence-electron chi connectivity index (χ0n) is 13.0. The summed E-state index contributed by atoms with van der Waals surface area (Å²) in [7, 11) is 0. The van der Waals surface area contributed by atoms with Crippen molar-refractivity contribution in [2.45, 2.75) is 38.8 Å². The lowest BCUT2D eigenvalue weighted by Gasteiger charge is -2.37. The molecular formula is C17H25N3O. The first-order valence-electron chi connectivity index (χ1n) is 8.00. The number of nitrogens with one attached hydrogen (secondary N) is 1. The molecule has 114 valence electrons. The van der Waals surface area contributed by atoms with Crippen LogP contribution in [0.15, 0.2) is 24.3 Å². The van der Waals surface area contributed by atoms with E-state index in [1.54, 1.807) is 0 Å². The number of benzene rings is 1. The highest BCUT2D eigenvalue weighted by Gasteiger charge is 2.26. The first kappa shape index (κ1) is 14.4. The van der Waals surface area contributed by atoms with Gasteiger partial charge in [-0.2, -0.15) is 0 Å². The number of carbonyl (C=O) groups is 1. The van der Waals surface area contributed by atoms with Gasteiger partial charge in [0.1, 0.15) is 0 Å². The molecule has 0 saturated carbocycles. The second kappa shape index (κ2) is 6.06. The molecule has 4 heteroatoms. The fraction of sp³-hybridized carbons (Fsp3) is 0.588. The first-order chi connectivity index (χ1) is 10.1. The van der Waals surface area contributed by atoms with E-state index in [4.69, 9.17) is 0 Å². The van der Waals surface area contributed by atoms with E-state index < -0.39 is 0 Å². The van der Waals surface area contributed by atoms with Crippen LogP contribution in [0.1, 0.15) is 25.0 Å². The number of urea groups is 1. The minimum atomic E-state index is 0.108. The fourth-order valence-corrected chi connectivity index (χ4v) is 3.37. The Morgan fingerprint density at radius 2 is 1.67 bits per heavy atom. The van der Waals surface area contributed by atoms with Crippen molar-refractivity contribution in [3.05, 3.63) is 35.4 Å². The average molecular weight is 287 g/mol. The third kappa shape index (κ3) is 3.21. The van der Waals surface area contributed by atoms with Crippen LogP contribution < -0.4 is 5.32 Å². The Kier molecular flexibility index (Phi) is 4.15. The van der Waals surface area contributed by atoms with Crippen LogP contribution in [0, 0.1) is 0 Å². The molecule has 2 amide bonds. The van der Waals surface area contributed by atoms with Crippen LogP contribution in [0.25, 0.3) is 0 Å². The Morgan fingerprint density at radius 1 is 1.10 bits per heavy atom. The zero-order chi connectivity index (χ0) is 14.8. The molecule has 0 atom stereocenters. The van der Waals surface area contributed by atoms with Gasteiger partial charge in [-0.3, -0.25) is 4.90 Å². The van der Waals surface area contributed by atoms with Crippen LogP contribution in [0.4, 0.5) is 4.79 Å². The molecule has 1 aliphatic heterocycles. The number of fused-ring (bicyclic) bond motifs is 1. The lowest BCUT2D eigenvalue weighted by Crippen LogP contribution is -2.54. The molecule has 1 saturated heterocycles. The maximum Gasteiger partial charge on any atom is 0.317 e. The van der Waals surface area contributed by atoms with E-state index in [-0.39, 0.29) is 12.1 Å². The molecule has 0 bridgehead atoms. The van der Waals surface area contributed by atoms with Crippen LogP contribution in [-0.2, 0) is 12.8 Å². The van der Waals surface area contributed by atoms with Crippen molar-refractivity contribution >= 4 is 6.03 Å². The molecule has 0 unspecified atom stereocenters. The van der Waals surface area contributed by atoms with Crippen molar-refractivity contribution in [3.8, 4) is 0 Å². The van der Waals surface area contributed by atoms with E-state index in [1.165, 1.54) is 11.1 Å². The summed E-state index contributed by atoms with van der Waals surface area (Å²) in [6, 6.07) is 9.43. The lowest BCUT2D eigenvalue weighted by atomic mass is 10.1. The van der Waals surface area contributed by atoms with Crippen LogP contribution in [0.5, 0.6) is 0 Å². The minimum absolute atomic E-state index is 0.108. The summed E-state index contributed by atoms with van der Waals surface area (Å²) >= 11 is 0. The second-order valence-electron chi connectivity index (χ2n) is 6.44. The van der Waals surface area contributed by atoms with Crippen molar-refractivity contribution in [3.63, 3.8) is 0 Å². The summed E-state index contributed by atoms with van der Waals surface area (Å²) in [4.78, 5) is 16.8. The molecule has 0 spiro atoms. The van der Waals surface area contributed by atoms with Crippen LogP contribution >= 0.6 is 0 Å². The minimum Gasteiger partial charge on any atom is -0.335 e. The maximum atomic E-state index is 12.4. The van der Waals surface area contributed by atoms with Gasteiger partial charge in [-0.15, -0.1) is 0 Å². The standard InChI is InChI=1S/C17H25N3O/c1-13(2)19-7-9-20(10-8-19)17(21)18-16-11-14-5-3-4-6-15(14)12-16/h3-6,13,16H,7-12H2,1-2H3,(H,18,21). The number of carbonyl (C=O) groups excluding carboxylic acids is 1. The Morgan fingerprint density at radius 3 is 2.19 bits per heavy atom. The molecule has 21 heavy (non-hydrogen) atoms. The molecule has 1 fully saturated rings. The molecule has 0 aromatic heterocycles. The summed E-state index contributed by atoms with van der Waals surface area (Å²) in [5, 5.41) is 3.21. The molecule has 1 aromatic rings. The normalized spacial score (nSPS) is 19.9. The largest absolute Gasteiger partial charge is 0.335 e. The Labute approximate surface area is 127 Å². The summed E-state index contributed by atoms with van der Waals surface area (Å²) in [6.07, 6.45) is 1.93. The van der Waals surface area contributed by atoms with E-state index in [1.807, 2.05) is 4.90 Å². The second-order valence-corrected chi connectivity index (χ2v) is 6.44. The number of nitrogens with zero attached hydrogens (tertiary/aromatic N) is 2. The molecule has 1 aliphatic carbocycles. The molecule has 1 heterocycles. The third-order valence-corrected chi connectivity index (χ3v) is 4.71.